The molecule has 2 atom stereocenters. The monoisotopic (exact) mass is 660 g/mol. The number of aromatic nitrogens is 7. The number of imidazole rings is 1. The van der Waals surface area contributed by atoms with Gasteiger partial charge in [-0.2, -0.15) is 4.68 Å². The van der Waals surface area contributed by atoms with E-state index in [1.807, 2.05) is 28.8 Å². The van der Waals surface area contributed by atoms with E-state index in [0.29, 0.717) is 45.6 Å². The first-order valence-corrected chi connectivity index (χ1v) is 19.0. The minimum absolute atomic E-state index is 0.203. The van der Waals surface area contributed by atoms with E-state index in [-0.39, 0.29) is 19.1 Å². The highest BCUT2D eigenvalue weighted by atomic mass is 35.5. The van der Waals surface area contributed by atoms with Crippen LogP contribution in [0.1, 0.15) is 35.6 Å². The van der Waals surface area contributed by atoms with E-state index >= 15 is 4.39 Å². The Bertz CT molecular complexity index is 1840. The van der Waals surface area contributed by atoms with Crippen molar-refractivity contribution >= 4 is 31.5 Å². The number of hydrogen-bond donors (Lipinski definition) is 1. The fourth-order valence-corrected chi connectivity index (χ4v) is 6.46. The van der Waals surface area contributed by atoms with Gasteiger partial charge in [0.15, 0.2) is 0 Å². The summed E-state index contributed by atoms with van der Waals surface area (Å²) in [7, 11) is 0.00613. The average Bonchev–Trinajstić information content (AvgIpc) is 3.79. The van der Waals surface area contributed by atoms with Crippen LogP contribution >= 0.6 is 11.6 Å². The Morgan fingerprint density at radius 2 is 1.89 bits per heavy atom. The molecule has 1 unspecified atom stereocenters. The molecule has 0 radical (unpaired) electrons. The molecule has 5 aromatic rings. The Labute approximate surface area is 271 Å². The molecule has 11 nitrogen and oxygen atoms in total. The zero-order valence-corrected chi connectivity index (χ0v) is 27.7. The minimum atomic E-state index is -1.31. The normalized spacial score (nSPS) is 16.0. The predicted molar refractivity (Wildman–Crippen MR) is 175 cm³/mol. The maximum Gasteiger partial charge on any atom is 0.411 e. The minimum Gasteiger partial charge on any atom is -0.453 e. The number of halogens is 2. The van der Waals surface area contributed by atoms with Crippen molar-refractivity contribution in [2.45, 2.75) is 50.9 Å². The highest BCUT2D eigenvalue weighted by Crippen LogP contribution is 2.46. The van der Waals surface area contributed by atoms with Crippen molar-refractivity contribution in [2.75, 3.05) is 19.0 Å². The van der Waals surface area contributed by atoms with E-state index in [4.69, 9.17) is 31.0 Å². The van der Waals surface area contributed by atoms with E-state index in [9.17, 15) is 4.79 Å². The van der Waals surface area contributed by atoms with Gasteiger partial charge in [-0.1, -0.05) is 43.4 Å². The second kappa shape index (κ2) is 13.1. The summed E-state index contributed by atoms with van der Waals surface area (Å²) in [6.45, 7) is 7.80. The number of pyridine rings is 1. The number of carbonyl (C=O) groups is 1. The maximum absolute atomic E-state index is 15.9. The molecule has 14 heteroatoms. The van der Waals surface area contributed by atoms with Crippen LogP contribution in [0.3, 0.4) is 0 Å². The van der Waals surface area contributed by atoms with Crippen molar-refractivity contribution in [3.05, 3.63) is 89.4 Å². The van der Waals surface area contributed by atoms with Crippen LogP contribution in [0.15, 0.2) is 67.3 Å². The van der Waals surface area contributed by atoms with Crippen LogP contribution in [0.4, 0.5) is 14.9 Å². The molecule has 0 fully saturated rings. The third-order valence-corrected chi connectivity index (χ3v) is 9.89. The van der Waals surface area contributed by atoms with Crippen LogP contribution in [0.2, 0.25) is 30.7 Å². The zero-order valence-electron chi connectivity index (χ0n) is 25.9. The molecule has 3 aromatic heterocycles. The molecule has 46 heavy (non-hydrogen) atoms. The number of nitrogens with one attached hydrogen (secondary N) is 1. The number of methoxy groups -OCH3 is 1. The van der Waals surface area contributed by atoms with Crippen LogP contribution in [-0.2, 0) is 16.2 Å². The molecule has 1 N–H and O–H groups in total. The number of hydrogen-bond acceptors (Lipinski definition) is 8. The molecule has 0 aliphatic heterocycles. The summed E-state index contributed by atoms with van der Waals surface area (Å²) in [4.78, 5) is 21.3. The standard InChI is InChI=1S/C32H34ClFN8O3Si/c1-44-32(43)38-23-8-5-20(6-9-23)29-17-36-31(41(29)19-45-11-12-46(2,3)4)26-15-27(34)25-13-21(16-35-30(25)26)24-14-22(33)7-10-28(24)42-18-37-39-40-42/h5-10,13-14,16-18,26-27H,11-12,15,19H2,1-4H3,(H,38,43)/t26?,27-/m0/s1. The summed E-state index contributed by atoms with van der Waals surface area (Å²) in [6, 6.07) is 15.6. The molecule has 238 valence electrons. The number of benzene rings is 2. The Morgan fingerprint density at radius 3 is 2.61 bits per heavy atom. The molecule has 0 saturated carbocycles. The molecular weight excluding hydrogens is 627 g/mol. The van der Waals surface area contributed by atoms with E-state index in [1.54, 1.807) is 36.7 Å². The predicted octanol–water partition coefficient (Wildman–Crippen LogP) is 7.28. The lowest BCUT2D eigenvalue weighted by molar-refractivity contribution is 0.0855. The van der Waals surface area contributed by atoms with Crippen molar-refractivity contribution in [2.24, 2.45) is 0 Å². The molecule has 1 amide bonds. The fraction of sp³-hybridized carbons (Fsp3) is 0.312. The first-order valence-electron chi connectivity index (χ1n) is 14.9. The molecule has 2 aromatic carbocycles. The van der Waals surface area contributed by atoms with Gasteiger partial charge < -0.3 is 14.0 Å². The van der Waals surface area contributed by atoms with E-state index in [2.05, 4.69) is 40.5 Å². The largest absolute Gasteiger partial charge is 0.453 e. The van der Waals surface area contributed by atoms with Crippen LogP contribution < -0.4 is 5.32 Å². The number of rotatable bonds is 10. The molecule has 0 bridgehead atoms. The van der Waals surface area contributed by atoms with Crippen molar-refractivity contribution < 1.29 is 18.7 Å². The second-order valence-electron chi connectivity index (χ2n) is 12.3. The number of nitrogens with zero attached hydrogens (tertiary/aromatic N) is 7. The lowest BCUT2D eigenvalue weighted by atomic mass is 10.0. The van der Waals surface area contributed by atoms with Crippen LogP contribution in [0.25, 0.3) is 28.1 Å². The highest BCUT2D eigenvalue weighted by Gasteiger charge is 2.37. The van der Waals surface area contributed by atoms with Gasteiger partial charge in [-0.15, -0.1) is 5.10 Å². The van der Waals surface area contributed by atoms with Gasteiger partial charge >= 0.3 is 6.09 Å². The average molecular weight is 661 g/mol. The smallest absolute Gasteiger partial charge is 0.411 e. The van der Waals surface area contributed by atoms with Crippen molar-refractivity contribution in [3.8, 4) is 28.1 Å². The third kappa shape index (κ3) is 6.71. The van der Waals surface area contributed by atoms with Crippen LogP contribution in [-0.4, -0.2) is 62.6 Å². The quantitative estimate of drug-likeness (QED) is 0.123. The summed E-state index contributed by atoms with van der Waals surface area (Å²) in [6.07, 6.45) is 3.42. The van der Waals surface area contributed by atoms with Crippen molar-refractivity contribution in [3.63, 3.8) is 0 Å². The first-order chi connectivity index (χ1) is 22.1. The van der Waals surface area contributed by atoms with Crippen molar-refractivity contribution in [1.29, 1.82) is 0 Å². The topological polar surface area (TPSA) is 122 Å². The lowest BCUT2D eigenvalue weighted by Crippen LogP contribution is -2.22. The number of alkyl halides is 1. The summed E-state index contributed by atoms with van der Waals surface area (Å²) < 4.78 is 30.3. The fourth-order valence-electron chi connectivity index (χ4n) is 5.53. The molecule has 1 aliphatic rings. The van der Waals surface area contributed by atoms with Gasteiger partial charge in [0.1, 0.15) is 25.1 Å². The zero-order chi connectivity index (χ0) is 32.4. The Morgan fingerprint density at radius 1 is 1.09 bits per heavy atom. The summed E-state index contributed by atoms with van der Waals surface area (Å²) in [5.74, 6) is 0.297. The van der Waals surface area contributed by atoms with Gasteiger partial charge in [-0.3, -0.25) is 10.3 Å². The van der Waals surface area contributed by atoms with E-state index in [0.717, 1.165) is 22.9 Å². The van der Waals surface area contributed by atoms with E-state index < -0.39 is 20.3 Å². The highest BCUT2D eigenvalue weighted by molar-refractivity contribution is 6.76. The Hall–Kier alpha value is -4.46. The number of fused-ring (bicyclic) bond motifs is 1. The molecule has 3 heterocycles. The van der Waals surface area contributed by atoms with Gasteiger partial charge in [0.05, 0.1) is 36.3 Å². The Balaban J connectivity index is 1.35. The SMILES string of the molecule is COC(=O)Nc1ccc(-c2cnc(C3C[C@H](F)c4cc(-c5cc(Cl)ccc5-n5cnnn5)cnc43)n2COCC[Si](C)(C)C)cc1. The third-order valence-electron chi connectivity index (χ3n) is 7.95. The van der Waals surface area contributed by atoms with Gasteiger partial charge in [0.2, 0.25) is 0 Å². The number of ether oxygens (including phenoxy) is 2. The summed E-state index contributed by atoms with van der Waals surface area (Å²) >= 11 is 6.36. The van der Waals surface area contributed by atoms with E-state index in [1.165, 1.54) is 18.1 Å². The molecule has 1 aliphatic carbocycles. The molecule has 0 saturated heterocycles. The maximum atomic E-state index is 15.9. The second-order valence-corrected chi connectivity index (χ2v) is 18.4. The van der Waals surface area contributed by atoms with Crippen molar-refractivity contribution in [1.82, 2.24) is 34.7 Å². The Kier molecular flexibility index (Phi) is 8.98. The van der Waals surface area contributed by atoms with Gasteiger partial charge in [-0.25, -0.2) is 14.2 Å². The number of tetrazole rings is 1. The molecule has 0 spiro atoms. The number of amides is 1. The van der Waals surface area contributed by atoms with Crippen LogP contribution in [0, 0.1) is 0 Å². The first kappa shape index (κ1) is 31.5. The summed E-state index contributed by atoms with van der Waals surface area (Å²) in [5, 5.41) is 14.7. The van der Waals surface area contributed by atoms with Crippen LogP contribution in [0.5, 0.6) is 0 Å². The summed E-state index contributed by atoms with van der Waals surface area (Å²) in [5.41, 5.74) is 5.57. The molecular formula is C32H34ClFN8O3Si. The van der Waals surface area contributed by atoms with Gasteiger partial charge in [0.25, 0.3) is 0 Å². The lowest BCUT2D eigenvalue weighted by Gasteiger charge is -2.19. The van der Waals surface area contributed by atoms with Gasteiger partial charge in [-0.05, 0) is 64.9 Å². The number of carbonyl (C=O) groups excluding carboxylic acids is 1. The number of anilines is 1. The molecule has 6 rings (SSSR count). The van der Waals surface area contributed by atoms with Gasteiger partial charge in [0, 0.05) is 48.3 Å².